The van der Waals surface area contributed by atoms with Crippen molar-refractivity contribution in [2.45, 2.75) is 44.7 Å². The SMILES string of the molecule is COCc1cn(C[C@H]2CCCN(S(=O)(=O)c3cc(C)ccc3C)C2)nn1. The van der Waals surface area contributed by atoms with E-state index < -0.39 is 10.0 Å². The number of aryl methyl sites for hydroxylation is 2. The molecule has 0 aliphatic carbocycles. The molecule has 142 valence electrons. The van der Waals surface area contributed by atoms with Crippen LogP contribution in [0.2, 0.25) is 0 Å². The van der Waals surface area contributed by atoms with Crippen molar-refractivity contribution in [1.82, 2.24) is 19.3 Å². The van der Waals surface area contributed by atoms with E-state index in [2.05, 4.69) is 10.3 Å². The van der Waals surface area contributed by atoms with E-state index in [0.29, 0.717) is 31.1 Å². The lowest BCUT2D eigenvalue weighted by atomic mass is 10.00. The molecule has 0 saturated carbocycles. The first-order valence-electron chi connectivity index (χ1n) is 8.85. The smallest absolute Gasteiger partial charge is 0.243 e. The Kier molecular flexibility index (Phi) is 5.74. The van der Waals surface area contributed by atoms with Gasteiger partial charge in [-0.15, -0.1) is 5.10 Å². The number of methoxy groups -OCH3 is 1. The van der Waals surface area contributed by atoms with E-state index in [1.165, 1.54) is 0 Å². The number of hydrogen-bond donors (Lipinski definition) is 0. The molecule has 1 aliphatic heterocycles. The molecule has 1 aliphatic rings. The molecule has 0 N–H and O–H groups in total. The fourth-order valence-corrected chi connectivity index (χ4v) is 5.29. The van der Waals surface area contributed by atoms with Gasteiger partial charge in [-0.25, -0.2) is 8.42 Å². The van der Waals surface area contributed by atoms with Crippen LogP contribution in [0.15, 0.2) is 29.3 Å². The fourth-order valence-electron chi connectivity index (χ4n) is 3.42. The Morgan fingerprint density at radius 2 is 2.12 bits per heavy atom. The van der Waals surface area contributed by atoms with Gasteiger partial charge in [0.05, 0.1) is 17.7 Å². The van der Waals surface area contributed by atoms with Gasteiger partial charge < -0.3 is 4.74 Å². The summed E-state index contributed by atoms with van der Waals surface area (Å²) in [5.74, 6) is 0.223. The lowest BCUT2D eigenvalue weighted by molar-refractivity contribution is 0.181. The molecule has 2 aromatic rings. The van der Waals surface area contributed by atoms with Crippen LogP contribution in [-0.2, 0) is 27.9 Å². The zero-order valence-electron chi connectivity index (χ0n) is 15.6. The quantitative estimate of drug-likeness (QED) is 0.770. The second-order valence-electron chi connectivity index (χ2n) is 7.01. The minimum atomic E-state index is -3.48. The fraction of sp³-hybridized carbons (Fsp3) is 0.556. The molecule has 1 aromatic heterocycles. The number of ether oxygens (including phenoxy) is 1. The summed E-state index contributed by atoms with van der Waals surface area (Å²) in [6.07, 6.45) is 3.70. The number of sulfonamides is 1. The highest BCUT2D eigenvalue weighted by Crippen LogP contribution is 2.27. The van der Waals surface area contributed by atoms with E-state index in [1.807, 2.05) is 32.2 Å². The van der Waals surface area contributed by atoms with Gasteiger partial charge in [0.2, 0.25) is 10.0 Å². The first-order chi connectivity index (χ1) is 12.4. The molecule has 26 heavy (non-hydrogen) atoms. The monoisotopic (exact) mass is 378 g/mol. The lowest BCUT2D eigenvalue weighted by Crippen LogP contribution is -2.41. The van der Waals surface area contributed by atoms with E-state index in [1.54, 1.807) is 22.2 Å². The molecule has 1 atom stereocenters. The maximum absolute atomic E-state index is 13.1. The van der Waals surface area contributed by atoms with Gasteiger partial charge in [0.15, 0.2) is 0 Å². The van der Waals surface area contributed by atoms with Crippen LogP contribution in [0.5, 0.6) is 0 Å². The first-order valence-corrected chi connectivity index (χ1v) is 10.3. The normalized spacial score (nSPS) is 19.0. The van der Waals surface area contributed by atoms with Crippen LogP contribution in [0.25, 0.3) is 0 Å². The Labute approximate surface area is 155 Å². The second-order valence-corrected chi connectivity index (χ2v) is 8.91. The van der Waals surface area contributed by atoms with Crippen molar-refractivity contribution in [3.8, 4) is 0 Å². The van der Waals surface area contributed by atoms with Crippen molar-refractivity contribution in [2.75, 3.05) is 20.2 Å². The highest BCUT2D eigenvalue weighted by atomic mass is 32.2. The van der Waals surface area contributed by atoms with E-state index in [-0.39, 0.29) is 5.92 Å². The molecule has 0 amide bonds. The summed E-state index contributed by atoms with van der Waals surface area (Å²) < 4.78 is 34.7. The van der Waals surface area contributed by atoms with Gasteiger partial charge in [-0.2, -0.15) is 4.31 Å². The number of nitrogens with zero attached hydrogens (tertiary/aromatic N) is 4. The highest BCUT2D eigenvalue weighted by Gasteiger charge is 2.31. The van der Waals surface area contributed by atoms with Crippen molar-refractivity contribution in [2.24, 2.45) is 5.92 Å². The van der Waals surface area contributed by atoms with Crippen LogP contribution >= 0.6 is 0 Å². The zero-order chi connectivity index (χ0) is 18.7. The first kappa shape index (κ1) is 19.0. The number of piperidine rings is 1. The van der Waals surface area contributed by atoms with Crippen molar-refractivity contribution >= 4 is 10.0 Å². The molecule has 1 aromatic carbocycles. The second kappa shape index (κ2) is 7.85. The predicted octanol–water partition coefficient (Wildman–Crippen LogP) is 2.14. The molecular weight excluding hydrogens is 352 g/mol. The Balaban J connectivity index is 1.73. The Bertz CT molecular complexity index is 863. The number of hydrogen-bond acceptors (Lipinski definition) is 5. The largest absolute Gasteiger partial charge is 0.378 e. The highest BCUT2D eigenvalue weighted by molar-refractivity contribution is 7.89. The summed E-state index contributed by atoms with van der Waals surface area (Å²) >= 11 is 0. The summed E-state index contributed by atoms with van der Waals surface area (Å²) in [7, 11) is -1.85. The third-order valence-corrected chi connectivity index (χ3v) is 6.77. The van der Waals surface area contributed by atoms with E-state index in [4.69, 9.17) is 4.74 Å². The third kappa shape index (κ3) is 4.13. The average Bonchev–Trinajstić information content (AvgIpc) is 3.04. The van der Waals surface area contributed by atoms with Crippen LogP contribution < -0.4 is 0 Å². The van der Waals surface area contributed by atoms with Gasteiger partial charge in [-0.1, -0.05) is 17.3 Å². The molecule has 1 fully saturated rings. The molecule has 1 saturated heterocycles. The third-order valence-electron chi connectivity index (χ3n) is 4.77. The van der Waals surface area contributed by atoms with Crippen LogP contribution in [0.4, 0.5) is 0 Å². The lowest BCUT2D eigenvalue weighted by Gasteiger charge is -2.32. The molecule has 7 nitrogen and oxygen atoms in total. The molecular formula is C18H26N4O3S. The van der Waals surface area contributed by atoms with Crippen molar-refractivity contribution in [1.29, 1.82) is 0 Å². The molecule has 3 rings (SSSR count). The van der Waals surface area contributed by atoms with Gasteiger partial charge in [-0.05, 0) is 49.8 Å². The van der Waals surface area contributed by atoms with Gasteiger partial charge in [0, 0.05) is 26.7 Å². The van der Waals surface area contributed by atoms with Gasteiger partial charge in [0.25, 0.3) is 0 Å². The Morgan fingerprint density at radius 1 is 1.31 bits per heavy atom. The van der Waals surface area contributed by atoms with Crippen molar-refractivity contribution < 1.29 is 13.2 Å². The topological polar surface area (TPSA) is 77.3 Å². The number of benzene rings is 1. The molecule has 0 radical (unpaired) electrons. The van der Waals surface area contributed by atoms with Gasteiger partial charge in [-0.3, -0.25) is 4.68 Å². The van der Waals surface area contributed by atoms with Gasteiger partial charge in [0.1, 0.15) is 5.69 Å². The minimum Gasteiger partial charge on any atom is -0.378 e. The summed E-state index contributed by atoms with van der Waals surface area (Å²) in [6, 6.07) is 5.58. The Morgan fingerprint density at radius 3 is 2.88 bits per heavy atom. The molecule has 0 unspecified atom stereocenters. The molecule has 8 heteroatoms. The minimum absolute atomic E-state index is 0.223. The van der Waals surface area contributed by atoms with Gasteiger partial charge >= 0.3 is 0 Å². The van der Waals surface area contributed by atoms with E-state index in [9.17, 15) is 8.42 Å². The zero-order valence-corrected chi connectivity index (χ0v) is 16.4. The summed E-state index contributed by atoms with van der Waals surface area (Å²) in [6.45, 7) is 5.93. The summed E-state index contributed by atoms with van der Waals surface area (Å²) in [5.41, 5.74) is 2.53. The summed E-state index contributed by atoms with van der Waals surface area (Å²) in [4.78, 5) is 0.418. The standard InChI is InChI=1S/C18H26N4O3S/c1-14-6-7-15(2)18(9-14)26(23,24)22-8-4-5-16(11-22)10-21-12-17(13-25-3)19-20-21/h6-7,9,12,16H,4-5,8,10-11,13H2,1-3H3/t16-/m1/s1. The molecule has 0 bridgehead atoms. The van der Waals surface area contributed by atoms with E-state index >= 15 is 0 Å². The average molecular weight is 378 g/mol. The van der Waals surface area contributed by atoms with Crippen molar-refractivity contribution in [3.05, 3.63) is 41.2 Å². The molecule has 2 heterocycles. The Hall–Kier alpha value is -1.77. The maximum Gasteiger partial charge on any atom is 0.243 e. The van der Waals surface area contributed by atoms with Crippen LogP contribution in [-0.4, -0.2) is 47.9 Å². The van der Waals surface area contributed by atoms with Crippen molar-refractivity contribution in [3.63, 3.8) is 0 Å². The number of rotatable bonds is 6. The van der Waals surface area contributed by atoms with E-state index in [0.717, 1.165) is 29.7 Å². The van der Waals surface area contributed by atoms with Crippen LogP contribution in [0, 0.1) is 19.8 Å². The van der Waals surface area contributed by atoms with Crippen LogP contribution in [0.1, 0.15) is 29.7 Å². The number of aromatic nitrogens is 3. The predicted molar refractivity (Wildman–Crippen MR) is 98.1 cm³/mol. The maximum atomic E-state index is 13.1. The molecule has 0 spiro atoms. The summed E-state index contributed by atoms with van der Waals surface area (Å²) in [5, 5.41) is 8.18. The van der Waals surface area contributed by atoms with Crippen LogP contribution in [0.3, 0.4) is 0 Å².